The van der Waals surface area contributed by atoms with Crippen molar-refractivity contribution in [3.63, 3.8) is 0 Å². The van der Waals surface area contributed by atoms with Crippen molar-refractivity contribution in [1.82, 2.24) is 15.6 Å². The molecule has 4 aromatic rings. The molecule has 1 aliphatic heterocycles. The predicted octanol–water partition coefficient (Wildman–Crippen LogP) is 5.68. The number of carbonyl (C=O) groups is 2. The van der Waals surface area contributed by atoms with E-state index in [0.717, 1.165) is 43.1 Å². The first-order valence-electron chi connectivity index (χ1n) is 14.3. The normalized spacial score (nSPS) is 14.1. The number of amides is 2. The lowest BCUT2D eigenvalue weighted by Gasteiger charge is -2.23. The van der Waals surface area contributed by atoms with Crippen LogP contribution in [0.25, 0.3) is 10.9 Å². The topological polar surface area (TPSA) is 111 Å². The van der Waals surface area contributed by atoms with Gasteiger partial charge in [0, 0.05) is 23.3 Å². The number of anilines is 1. The Balaban J connectivity index is 1.25. The molecule has 0 saturated carbocycles. The highest BCUT2D eigenvalue weighted by Gasteiger charge is 2.20. The number of nitrogens with one attached hydrogen (secondary N) is 3. The van der Waals surface area contributed by atoms with Gasteiger partial charge in [0.25, 0.3) is 0 Å². The van der Waals surface area contributed by atoms with Crippen molar-refractivity contribution in [2.24, 2.45) is 5.92 Å². The second-order valence-corrected chi connectivity index (χ2v) is 10.6. The van der Waals surface area contributed by atoms with E-state index in [2.05, 4.69) is 20.9 Å². The lowest BCUT2D eigenvalue weighted by molar-refractivity contribution is -0.136. The van der Waals surface area contributed by atoms with Gasteiger partial charge >= 0.3 is 11.8 Å². The second kappa shape index (κ2) is 13.5. The van der Waals surface area contributed by atoms with Crippen LogP contribution >= 0.6 is 0 Å². The summed E-state index contributed by atoms with van der Waals surface area (Å²) in [6.45, 7) is 6.30. The molecule has 224 valence electrons. The van der Waals surface area contributed by atoms with Gasteiger partial charge in [0.2, 0.25) is 0 Å². The number of benzene rings is 3. The molecule has 0 radical (unpaired) electrons. The summed E-state index contributed by atoms with van der Waals surface area (Å²) in [5.74, 6) is -0.613. The third kappa shape index (κ3) is 7.21. The van der Waals surface area contributed by atoms with Gasteiger partial charge < -0.3 is 30.2 Å². The minimum Gasteiger partial charge on any atom is -0.491 e. The lowest BCUT2D eigenvalue weighted by Crippen LogP contribution is -2.36. The molecule has 10 heteroatoms. The largest absolute Gasteiger partial charge is 0.491 e. The van der Waals surface area contributed by atoms with Crippen LogP contribution in [0.3, 0.4) is 0 Å². The number of methoxy groups -OCH3 is 1. The Morgan fingerprint density at radius 3 is 2.47 bits per heavy atom. The molecular formula is C33H35FN4O5. The Kier molecular flexibility index (Phi) is 9.36. The lowest BCUT2D eigenvalue weighted by atomic mass is 9.99. The first-order chi connectivity index (χ1) is 20.8. The number of fused-ring (bicyclic) bond motifs is 1. The summed E-state index contributed by atoms with van der Waals surface area (Å²) in [5, 5.41) is 9.06. The molecule has 0 aliphatic carbocycles. The minimum absolute atomic E-state index is 0.0619. The smallest absolute Gasteiger partial charge is 0.313 e. The molecular weight excluding hydrogens is 551 g/mol. The third-order valence-electron chi connectivity index (χ3n) is 7.47. The minimum atomic E-state index is -0.905. The SMILES string of the molecule is COc1c(OCC2CCNCC2)ccc2c(Oc3ccc(NC(=O)C(=O)NC(C)c4ccc(C)cc4)cc3F)ccnc12. The van der Waals surface area contributed by atoms with Crippen molar-refractivity contribution in [1.29, 1.82) is 0 Å². The first-order valence-corrected chi connectivity index (χ1v) is 14.3. The van der Waals surface area contributed by atoms with Crippen LogP contribution in [-0.4, -0.2) is 43.6 Å². The van der Waals surface area contributed by atoms with Gasteiger partial charge in [-0.25, -0.2) is 4.39 Å². The highest BCUT2D eigenvalue weighted by molar-refractivity contribution is 6.39. The number of halogens is 1. The van der Waals surface area contributed by atoms with Crippen molar-refractivity contribution in [2.45, 2.75) is 32.7 Å². The molecule has 1 aliphatic rings. The highest BCUT2D eigenvalue weighted by atomic mass is 19.1. The summed E-state index contributed by atoms with van der Waals surface area (Å²) in [5.41, 5.74) is 2.60. The molecule has 1 aromatic heterocycles. The van der Waals surface area contributed by atoms with Crippen LogP contribution in [0.2, 0.25) is 0 Å². The summed E-state index contributed by atoms with van der Waals surface area (Å²) < 4.78 is 32.8. The average molecular weight is 587 g/mol. The van der Waals surface area contributed by atoms with E-state index in [1.807, 2.05) is 31.2 Å². The van der Waals surface area contributed by atoms with E-state index in [1.54, 1.807) is 38.4 Å². The summed E-state index contributed by atoms with van der Waals surface area (Å²) in [6, 6.07) is 16.4. The van der Waals surface area contributed by atoms with Gasteiger partial charge in [0.15, 0.2) is 23.1 Å². The highest BCUT2D eigenvalue weighted by Crippen LogP contribution is 2.40. The molecule has 1 atom stereocenters. The maximum atomic E-state index is 15.1. The number of hydrogen-bond acceptors (Lipinski definition) is 7. The van der Waals surface area contributed by atoms with E-state index in [9.17, 15) is 9.59 Å². The van der Waals surface area contributed by atoms with E-state index in [0.29, 0.717) is 40.7 Å². The fourth-order valence-corrected chi connectivity index (χ4v) is 4.97. The van der Waals surface area contributed by atoms with Crippen LogP contribution in [-0.2, 0) is 9.59 Å². The van der Waals surface area contributed by atoms with E-state index >= 15 is 4.39 Å². The third-order valence-corrected chi connectivity index (χ3v) is 7.47. The van der Waals surface area contributed by atoms with Gasteiger partial charge in [-0.2, -0.15) is 0 Å². The number of aromatic nitrogens is 1. The number of rotatable bonds is 9. The summed E-state index contributed by atoms with van der Waals surface area (Å²) in [4.78, 5) is 29.4. The molecule has 0 spiro atoms. The Bertz CT molecular complexity index is 1610. The Labute approximate surface area is 249 Å². The molecule has 1 unspecified atom stereocenters. The average Bonchev–Trinajstić information content (AvgIpc) is 3.01. The van der Waals surface area contributed by atoms with Gasteiger partial charge in [-0.15, -0.1) is 0 Å². The van der Waals surface area contributed by atoms with Crippen LogP contribution in [0, 0.1) is 18.7 Å². The van der Waals surface area contributed by atoms with Crippen LogP contribution in [0.15, 0.2) is 66.9 Å². The van der Waals surface area contributed by atoms with Crippen molar-refractivity contribution >= 4 is 28.4 Å². The Morgan fingerprint density at radius 2 is 1.74 bits per heavy atom. The number of pyridine rings is 1. The molecule has 3 aromatic carbocycles. The molecule has 9 nitrogen and oxygen atoms in total. The fraction of sp³-hybridized carbons (Fsp3) is 0.303. The molecule has 3 N–H and O–H groups in total. The molecule has 5 rings (SSSR count). The van der Waals surface area contributed by atoms with E-state index in [-0.39, 0.29) is 17.5 Å². The zero-order valence-electron chi connectivity index (χ0n) is 24.4. The number of nitrogens with zero attached hydrogens (tertiary/aromatic N) is 1. The second-order valence-electron chi connectivity index (χ2n) is 10.6. The zero-order valence-corrected chi connectivity index (χ0v) is 24.4. The molecule has 1 fully saturated rings. The first kappa shape index (κ1) is 29.8. The fourth-order valence-electron chi connectivity index (χ4n) is 4.97. The van der Waals surface area contributed by atoms with Crippen molar-refractivity contribution < 1.29 is 28.2 Å². The van der Waals surface area contributed by atoms with Gasteiger partial charge in [0.05, 0.1) is 19.8 Å². The number of piperidine rings is 1. The maximum absolute atomic E-state index is 15.1. The van der Waals surface area contributed by atoms with Crippen LogP contribution in [0.1, 0.15) is 36.9 Å². The molecule has 0 bridgehead atoms. The number of aryl methyl sites for hydroxylation is 1. The molecule has 2 heterocycles. The van der Waals surface area contributed by atoms with E-state index < -0.39 is 17.6 Å². The molecule has 2 amide bonds. The van der Waals surface area contributed by atoms with Crippen LogP contribution in [0.5, 0.6) is 23.0 Å². The van der Waals surface area contributed by atoms with Gasteiger partial charge in [0.1, 0.15) is 11.3 Å². The quantitative estimate of drug-likeness (QED) is 0.217. The van der Waals surface area contributed by atoms with Crippen molar-refractivity contribution in [3.05, 3.63) is 83.8 Å². The summed E-state index contributed by atoms with van der Waals surface area (Å²) >= 11 is 0. The van der Waals surface area contributed by atoms with E-state index in [1.165, 1.54) is 12.1 Å². The van der Waals surface area contributed by atoms with Crippen molar-refractivity contribution in [3.8, 4) is 23.0 Å². The molecule has 43 heavy (non-hydrogen) atoms. The maximum Gasteiger partial charge on any atom is 0.313 e. The predicted molar refractivity (Wildman–Crippen MR) is 162 cm³/mol. The zero-order chi connectivity index (χ0) is 30.3. The summed E-state index contributed by atoms with van der Waals surface area (Å²) in [6.07, 6.45) is 3.67. The van der Waals surface area contributed by atoms with Gasteiger partial charge in [-0.05, 0) is 81.6 Å². The van der Waals surface area contributed by atoms with Gasteiger partial charge in [-0.3, -0.25) is 14.6 Å². The Morgan fingerprint density at radius 1 is 1.00 bits per heavy atom. The number of carbonyl (C=O) groups excluding carboxylic acids is 2. The van der Waals surface area contributed by atoms with Crippen LogP contribution < -0.4 is 30.2 Å². The number of hydrogen-bond donors (Lipinski definition) is 3. The van der Waals surface area contributed by atoms with E-state index in [4.69, 9.17) is 14.2 Å². The van der Waals surface area contributed by atoms with Crippen LogP contribution in [0.4, 0.5) is 10.1 Å². The Hall–Kier alpha value is -4.70. The summed E-state index contributed by atoms with van der Waals surface area (Å²) in [7, 11) is 1.55. The monoisotopic (exact) mass is 586 g/mol. The standard InChI is InChI=1S/C33H35FN4O5/c1-20-4-6-23(7-5-20)21(2)37-32(39)33(40)38-24-8-10-28(26(34)18-24)43-27-14-17-36-30-25(27)9-11-29(31(30)41-3)42-19-22-12-15-35-16-13-22/h4-11,14,17-18,21-22,35H,12-13,15-16,19H2,1-3H3,(H,37,39)(H,38,40). The van der Waals surface area contributed by atoms with Gasteiger partial charge in [-0.1, -0.05) is 29.8 Å². The number of ether oxygens (including phenoxy) is 3. The van der Waals surface area contributed by atoms with Crippen molar-refractivity contribution in [2.75, 3.05) is 32.1 Å². The molecule has 1 saturated heterocycles.